The first-order valence-electron chi connectivity index (χ1n) is 4.29. The third-order valence-electron chi connectivity index (χ3n) is 2.09. The highest BCUT2D eigenvalue weighted by Gasteiger charge is 2.19. The molecule has 0 fully saturated rings. The molecule has 2 heterocycles. The Morgan fingerprint density at radius 3 is 3.29 bits per heavy atom. The summed E-state index contributed by atoms with van der Waals surface area (Å²) in [5.74, 6) is -0.364. The molecule has 0 amide bonds. The number of hydrogen-bond donors (Lipinski definition) is 1. The molecular formula is C10H10N2O2. The molecule has 1 aromatic heterocycles. The van der Waals surface area contributed by atoms with Crippen LogP contribution in [-0.2, 0) is 16.1 Å². The number of ether oxygens (including phenoxy) is 1. The third-order valence-corrected chi connectivity index (χ3v) is 2.09. The van der Waals surface area contributed by atoms with Crippen LogP contribution in [0.25, 0.3) is 5.57 Å². The maximum Gasteiger partial charge on any atom is 0.341 e. The van der Waals surface area contributed by atoms with Gasteiger partial charge in [0, 0.05) is 18.9 Å². The summed E-state index contributed by atoms with van der Waals surface area (Å²) in [5, 5.41) is 3.00. The van der Waals surface area contributed by atoms with Gasteiger partial charge in [0.1, 0.15) is 5.57 Å². The van der Waals surface area contributed by atoms with E-state index in [2.05, 4.69) is 15.0 Å². The molecule has 72 valence electrons. The monoisotopic (exact) mass is 190 g/mol. The van der Waals surface area contributed by atoms with Crippen molar-refractivity contribution in [3.8, 4) is 0 Å². The standard InChI is InChI=1S/C10H10N2O2/c1-14-10(13)8-6-11-5-7-3-2-4-12-9(7)8/h2-4,6,11H,5H2,1H3. The zero-order valence-electron chi connectivity index (χ0n) is 7.78. The normalized spacial score (nSPS) is 13.6. The second kappa shape index (κ2) is 3.49. The highest BCUT2D eigenvalue weighted by Crippen LogP contribution is 2.20. The number of fused-ring (bicyclic) bond motifs is 1. The summed E-state index contributed by atoms with van der Waals surface area (Å²) in [4.78, 5) is 15.5. The Hall–Kier alpha value is -1.84. The van der Waals surface area contributed by atoms with Crippen molar-refractivity contribution in [2.45, 2.75) is 6.54 Å². The quantitative estimate of drug-likeness (QED) is 0.662. The Labute approximate surface area is 81.6 Å². The Balaban J connectivity index is 2.45. The molecule has 1 N–H and O–H groups in total. The molecule has 0 saturated heterocycles. The van der Waals surface area contributed by atoms with Crippen LogP contribution >= 0.6 is 0 Å². The summed E-state index contributed by atoms with van der Waals surface area (Å²) in [5.41, 5.74) is 2.20. The van der Waals surface area contributed by atoms with E-state index < -0.39 is 0 Å². The molecule has 0 aromatic carbocycles. The molecule has 0 atom stereocenters. The number of pyridine rings is 1. The topological polar surface area (TPSA) is 51.2 Å². The lowest BCUT2D eigenvalue weighted by Gasteiger charge is -2.15. The second-order valence-electron chi connectivity index (χ2n) is 2.94. The number of esters is 1. The fraction of sp³-hybridized carbons (Fsp3) is 0.200. The summed E-state index contributed by atoms with van der Waals surface area (Å²) < 4.78 is 4.66. The van der Waals surface area contributed by atoms with Crippen LogP contribution in [-0.4, -0.2) is 18.1 Å². The summed E-state index contributed by atoms with van der Waals surface area (Å²) in [6, 6.07) is 3.78. The van der Waals surface area contributed by atoms with E-state index in [0.717, 1.165) is 5.56 Å². The summed E-state index contributed by atoms with van der Waals surface area (Å²) >= 11 is 0. The van der Waals surface area contributed by atoms with Crippen molar-refractivity contribution in [2.24, 2.45) is 0 Å². The average Bonchev–Trinajstić information content (AvgIpc) is 2.27. The predicted octanol–water partition coefficient (Wildman–Crippen LogP) is 0.699. The highest BCUT2D eigenvalue weighted by molar-refractivity contribution is 6.16. The van der Waals surface area contributed by atoms with E-state index in [1.807, 2.05) is 12.1 Å². The molecule has 0 aliphatic carbocycles. The lowest BCUT2D eigenvalue weighted by molar-refractivity contribution is -0.133. The van der Waals surface area contributed by atoms with Crippen molar-refractivity contribution in [2.75, 3.05) is 7.11 Å². The average molecular weight is 190 g/mol. The van der Waals surface area contributed by atoms with E-state index >= 15 is 0 Å². The van der Waals surface area contributed by atoms with Crippen molar-refractivity contribution < 1.29 is 9.53 Å². The van der Waals surface area contributed by atoms with Crippen LogP contribution in [0.15, 0.2) is 24.5 Å². The number of aromatic nitrogens is 1. The first-order chi connectivity index (χ1) is 6.83. The largest absolute Gasteiger partial charge is 0.465 e. The zero-order chi connectivity index (χ0) is 9.97. The van der Waals surface area contributed by atoms with E-state index in [1.54, 1.807) is 12.4 Å². The van der Waals surface area contributed by atoms with E-state index in [-0.39, 0.29) is 5.97 Å². The summed E-state index contributed by atoms with van der Waals surface area (Å²) in [6.45, 7) is 0.698. The number of rotatable bonds is 1. The van der Waals surface area contributed by atoms with Gasteiger partial charge in [-0.1, -0.05) is 6.07 Å². The molecule has 1 aliphatic heterocycles. The Bertz CT molecular complexity index is 399. The molecule has 0 spiro atoms. The lowest BCUT2D eigenvalue weighted by atomic mass is 10.0. The van der Waals surface area contributed by atoms with Crippen LogP contribution < -0.4 is 5.32 Å². The molecule has 4 heteroatoms. The molecule has 4 nitrogen and oxygen atoms in total. The Kier molecular flexibility index (Phi) is 2.18. The molecule has 0 unspecified atom stereocenters. The molecule has 0 radical (unpaired) electrons. The Morgan fingerprint density at radius 1 is 1.64 bits per heavy atom. The van der Waals surface area contributed by atoms with Gasteiger partial charge < -0.3 is 10.1 Å². The molecular weight excluding hydrogens is 180 g/mol. The van der Waals surface area contributed by atoms with Crippen molar-refractivity contribution >= 4 is 11.5 Å². The molecule has 14 heavy (non-hydrogen) atoms. The van der Waals surface area contributed by atoms with Crippen molar-refractivity contribution in [3.63, 3.8) is 0 Å². The summed E-state index contributed by atoms with van der Waals surface area (Å²) in [6.07, 6.45) is 3.31. The number of nitrogens with zero attached hydrogens (tertiary/aromatic N) is 1. The van der Waals surface area contributed by atoms with Crippen LogP contribution in [0.1, 0.15) is 11.3 Å². The van der Waals surface area contributed by atoms with Gasteiger partial charge in [-0.3, -0.25) is 4.98 Å². The van der Waals surface area contributed by atoms with Crippen LogP contribution in [0, 0.1) is 0 Å². The van der Waals surface area contributed by atoms with Crippen LogP contribution in [0.5, 0.6) is 0 Å². The van der Waals surface area contributed by atoms with Crippen LogP contribution in [0.4, 0.5) is 0 Å². The van der Waals surface area contributed by atoms with E-state index in [9.17, 15) is 4.79 Å². The maximum atomic E-state index is 11.4. The van der Waals surface area contributed by atoms with E-state index in [1.165, 1.54) is 7.11 Å². The van der Waals surface area contributed by atoms with Gasteiger partial charge in [0.2, 0.25) is 0 Å². The number of hydrogen-bond acceptors (Lipinski definition) is 4. The van der Waals surface area contributed by atoms with Gasteiger partial charge in [-0.25, -0.2) is 4.79 Å². The third kappa shape index (κ3) is 1.35. The molecule has 1 aromatic rings. The minimum atomic E-state index is -0.364. The zero-order valence-corrected chi connectivity index (χ0v) is 7.78. The van der Waals surface area contributed by atoms with Gasteiger partial charge in [-0.05, 0) is 11.6 Å². The molecule has 1 aliphatic rings. The smallest absolute Gasteiger partial charge is 0.341 e. The van der Waals surface area contributed by atoms with Gasteiger partial charge in [-0.15, -0.1) is 0 Å². The van der Waals surface area contributed by atoms with Crippen LogP contribution in [0.3, 0.4) is 0 Å². The molecule has 0 bridgehead atoms. The minimum Gasteiger partial charge on any atom is -0.465 e. The SMILES string of the molecule is COC(=O)C1=CNCc2cccnc21. The van der Waals surface area contributed by atoms with E-state index in [0.29, 0.717) is 17.8 Å². The maximum absolute atomic E-state index is 11.4. The molecule has 0 saturated carbocycles. The first-order valence-corrected chi connectivity index (χ1v) is 4.29. The van der Waals surface area contributed by atoms with Gasteiger partial charge in [0.25, 0.3) is 0 Å². The fourth-order valence-electron chi connectivity index (χ4n) is 1.42. The number of nitrogens with one attached hydrogen (secondary N) is 1. The Morgan fingerprint density at radius 2 is 2.50 bits per heavy atom. The van der Waals surface area contributed by atoms with E-state index in [4.69, 9.17) is 0 Å². The van der Waals surface area contributed by atoms with Crippen molar-refractivity contribution in [1.29, 1.82) is 0 Å². The fourth-order valence-corrected chi connectivity index (χ4v) is 1.42. The second-order valence-corrected chi connectivity index (χ2v) is 2.94. The van der Waals surface area contributed by atoms with Crippen molar-refractivity contribution in [1.82, 2.24) is 10.3 Å². The number of carbonyl (C=O) groups excluding carboxylic acids is 1. The lowest BCUT2D eigenvalue weighted by Crippen LogP contribution is -2.19. The highest BCUT2D eigenvalue weighted by atomic mass is 16.5. The summed E-state index contributed by atoms with van der Waals surface area (Å²) in [7, 11) is 1.36. The molecule has 2 rings (SSSR count). The van der Waals surface area contributed by atoms with Gasteiger partial charge in [-0.2, -0.15) is 0 Å². The number of methoxy groups -OCH3 is 1. The predicted molar refractivity (Wildman–Crippen MR) is 51.1 cm³/mol. The van der Waals surface area contributed by atoms with Gasteiger partial charge >= 0.3 is 5.97 Å². The van der Waals surface area contributed by atoms with Gasteiger partial charge in [0.15, 0.2) is 0 Å². The van der Waals surface area contributed by atoms with Crippen molar-refractivity contribution in [3.05, 3.63) is 35.8 Å². The number of carbonyl (C=O) groups is 1. The van der Waals surface area contributed by atoms with Gasteiger partial charge in [0.05, 0.1) is 12.8 Å². The minimum absolute atomic E-state index is 0.364. The first kappa shape index (κ1) is 8.74. The van der Waals surface area contributed by atoms with Crippen LogP contribution in [0.2, 0.25) is 0 Å².